The Morgan fingerprint density at radius 3 is 3.00 bits per heavy atom. The Morgan fingerprint density at radius 1 is 1.55 bits per heavy atom. The molecule has 2 unspecified atom stereocenters. The monoisotopic (exact) mass is 358 g/mol. The minimum Gasteiger partial charge on any atom is -0.390 e. The van der Waals surface area contributed by atoms with Gasteiger partial charge in [0.05, 0.1) is 6.10 Å². The van der Waals surface area contributed by atoms with Gasteiger partial charge >= 0.3 is 0 Å². The lowest BCUT2D eigenvalue weighted by Crippen LogP contribution is -2.19. The van der Waals surface area contributed by atoms with Crippen molar-refractivity contribution < 1.29 is 15.0 Å². The van der Waals surface area contributed by atoms with Gasteiger partial charge < -0.3 is 15.2 Å². The number of carbonyl (C=O) groups is 1. The number of aliphatic hydroxyl groups excluding tert-OH is 2. The van der Waals surface area contributed by atoms with Gasteiger partial charge in [-0.05, 0) is 28.4 Å². The number of pyridine rings is 1. The third kappa shape index (κ3) is 3.60. The highest BCUT2D eigenvalue weighted by atomic mass is 79.9. The number of carbonyl (C=O) groups excluding carboxylic acids is 1. The zero-order chi connectivity index (χ0) is 14.7. The van der Waals surface area contributed by atoms with E-state index in [9.17, 15) is 15.0 Å². The van der Waals surface area contributed by atoms with Crippen LogP contribution in [0, 0.1) is 0 Å². The van der Waals surface area contributed by atoms with E-state index in [2.05, 4.69) is 25.9 Å². The van der Waals surface area contributed by atoms with Gasteiger partial charge in [-0.3, -0.25) is 4.79 Å². The number of halogens is 1. The number of H-pyrrole nitrogens is 1. The standard InChI is InChI=1S/C13H15BrN2O3S/c1-7(17)20-3-2-11(18)12(19)10-6-16-13-9(10)4-8(14)5-15-13/h4-6,11-12,18-19H,2-3H2,1H3,(H,15,16). The molecule has 0 aromatic carbocycles. The fourth-order valence-corrected chi connectivity index (χ4v) is 2.91. The van der Waals surface area contributed by atoms with Gasteiger partial charge in [0, 0.05) is 40.5 Å². The maximum Gasteiger partial charge on any atom is 0.185 e. The molecule has 20 heavy (non-hydrogen) atoms. The van der Waals surface area contributed by atoms with E-state index in [0.29, 0.717) is 23.4 Å². The van der Waals surface area contributed by atoms with E-state index in [1.165, 1.54) is 6.92 Å². The molecule has 0 aliphatic heterocycles. The van der Waals surface area contributed by atoms with E-state index in [1.807, 2.05) is 6.07 Å². The maximum absolute atomic E-state index is 10.8. The molecule has 0 amide bonds. The Morgan fingerprint density at radius 2 is 2.30 bits per heavy atom. The van der Waals surface area contributed by atoms with Crippen LogP contribution in [-0.2, 0) is 4.79 Å². The molecule has 0 saturated heterocycles. The van der Waals surface area contributed by atoms with Crippen LogP contribution in [0.25, 0.3) is 11.0 Å². The van der Waals surface area contributed by atoms with Crippen LogP contribution in [0.15, 0.2) is 22.9 Å². The molecule has 2 rings (SSSR count). The first kappa shape index (κ1) is 15.5. The van der Waals surface area contributed by atoms with Gasteiger partial charge in [0.25, 0.3) is 0 Å². The smallest absolute Gasteiger partial charge is 0.185 e. The number of hydrogen-bond donors (Lipinski definition) is 3. The fraction of sp³-hybridized carbons (Fsp3) is 0.385. The second-order valence-corrected chi connectivity index (χ2v) is 6.62. The summed E-state index contributed by atoms with van der Waals surface area (Å²) in [7, 11) is 0. The average molecular weight is 359 g/mol. The Kier molecular flexibility index (Phi) is 5.20. The first-order chi connectivity index (χ1) is 9.49. The third-order valence-corrected chi connectivity index (χ3v) is 4.21. The predicted octanol–water partition coefficient (Wildman–Crippen LogP) is 2.39. The fourth-order valence-electron chi connectivity index (χ4n) is 1.93. The number of hydrogen-bond acceptors (Lipinski definition) is 5. The topological polar surface area (TPSA) is 86.2 Å². The van der Waals surface area contributed by atoms with E-state index in [4.69, 9.17) is 0 Å². The highest BCUT2D eigenvalue weighted by Gasteiger charge is 2.21. The van der Waals surface area contributed by atoms with Gasteiger partial charge in [-0.1, -0.05) is 11.8 Å². The van der Waals surface area contributed by atoms with Crippen molar-refractivity contribution in [1.29, 1.82) is 0 Å². The van der Waals surface area contributed by atoms with Crippen molar-refractivity contribution in [2.24, 2.45) is 0 Å². The van der Waals surface area contributed by atoms with Crippen LogP contribution in [0.3, 0.4) is 0 Å². The quantitative estimate of drug-likeness (QED) is 0.763. The number of aromatic amines is 1. The lowest BCUT2D eigenvalue weighted by Gasteiger charge is -2.16. The van der Waals surface area contributed by atoms with Gasteiger partial charge in [0.1, 0.15) is 11.8 Å². The summed E-state index contributed by atoms with van der Waals surface area (Å²) in [5, 5.41) is 21.0. The molecule has 0 spiro atoms. The van der Waals surface area contributed by atoms with Gasteiger partial charge in [0.2, 0.25) is 0 Å². The normalized spacial score (nSPS) is 14.4. The number of aromatic nitrogens is 2. The minimum absolute atomic E-state index is 0.00640. The summed E-state index contributed by atoms with van der Waals surface area (Å²) in [4.78, 5) is 18.0. The zero-order valence-corrected chi connectivity index (χ0v) is 13.2. The molecular formula is C13H15BrN2O3S. The highest BCUT2D eigenvalue weighted by Crippen LogP contribution is 2.28. The van der Waals surface area contributed by atoms with Crippen molar-refractivity contribution in [3.05, 3.63) is 28.5 Å². The Bertz CT molecular complexity index is 617. The molecule has 3 N–H and O–H groups in total. The molecule has 0 aliphatic rings. The number of rotatable bonds is 5. The summed E-state index contributed by atoms with van der Waals surface area (Å²) in [6, 6.07) is 1.84. The molecule has 2 aromatic rings. The second-order valence-electron chi connectivity index (χ2n) is 4.43. The number of aliphatic hydroxyl groups is 2. The molecule has 7 heteroatoms. The molecule has 2 aromatic heterocycles. The highest BCUT2D eigenvalue weighted by molar-refractivity contribution is 9.10. The van der Waals surface area contributed by atoms with Gasteiger partial charge in [-0.15, -0.1) is 0 Å². The van der Waals surface area contributed by atoms with E-state index >= 15 is 0 Å². The van der Waals surface area contributed by atoms with E-state index in [-0.39, 0.29) is 5.12 Å². The largest absolute Gasteiger partial charge is 0.390 e. The Labute approximate surface area is 128 Å². The zero-order valence-electron chi connectivity index (χ0n) is 10.8. The first-order valence-corrected chi connectivity index (χ1v) is 7.89. The second kappa shape index (κ2) is 6.71. The van der Waals surface area contributed by atoms with Crippen molar-refractivity contribution in [2.75, 3.05) is 5.75 Å². The van der Waals surface area contributed by atoms with Gasteiger partial charge in [0.15, 0.2) is 5.12 Å². The van der Waals surface area contributed by atoms with Gasteiger partial charge in [-0.25, -0.2) is 4.98 Å². The van der Waals surface area contributed by atoms with E-state index in [0.717, 1.165) is 21.6 Å². The summed E-state index contributed by atoms with van der Waals surface area (Å²) in [6.45, 7) is 1.48. The van der Waals surface area contributed by atoms with Crippen molar-refractivity contribution in [3.63, 3.8) is 0 Å². The van der Waals surface area contributed by atoms with Crippen LogP contribution in [-0.4, -0.2) is 37.2 Å². The Hall–Kier alpha value is -0.890. The van der Waals surface area contributed by atoms with Crippen LogP contribution in [0.1, 0.15) is 25.0 Å². The number of thioether (sulfide) groups is 1. The molecule has 108 valence electrons. The summed E-state index contributed by atoms with van der Waals surface area (Å²) in [5.74, 6) is 0.484. The SMILES string of the molecule is CC(=O)SCCC(O)C(O)c1c[nH]c2ncc(Br)cc12. The maximum atomic E-state index is 10.8. The van der Waals surface area contributed by atoms with Crippen LogP contribution in [0.4, 0.5) is 0 Å². The minimum atomic E-state index is -1.01. The summed E-state index contributed by atoms with van der Waals surface area (Å²) >= 11 is 4.48. The van der Waals surface area contributed by atoms with Crippen LogP contribution < -0.4 is 0 Å². The number of fused-ring (bicyclic) bond motifs is 1. The van der Waals surface area contributed by atoms with E-state index in [1.54, 1.807) is 12.4 Å². The number of nitrogens with zero attached hydrogens (tertiary/aromatic N) is 1. The molecule has 0 saturated carbocycles. The summed E-state index contributed by atoms with van der Waals surface area (Å²) in [5.41, 5.74) is 1.27. The molecule has 0 aliphatic carbocycles. The molecule has 0 radical (unpaired) electrons. The molecule has 2 heterocycles. The van der Waals surface area contributed by atoms with Crippen LogP contribution >= 0.6 is 27.7 Å². The van der Waals surface area contributed by atoms with Crippen molar-refractivity contribution in [2.45, 2.75) is 25.6 Å². The molecular weight excluding hydrogens is 344 g/mol. The van der Waals surface area contributed by atoms with Gasteiger partial charge in [-0.2, -0.15) is 0 Å². The lowest BCUT2D eigenvalue weighted by atomic mass is 10.0. The number of nitrogens with one attached hydrogen (secondary N) is 1. The molecule has 5 nitrogen and oxygen atoms in total. The molecule has 0 fully saturated rings. The van der Waals surface area contributed by atoms with Crippen molar-refractivity contribution >= 4 is 43.8 Å². The molecule has 0 bridgehead atoms. The first-order valence-electron chi connectivity index (χ1n) is 6.11. The Balaban J connectivity index is 2.12. The van der Waals surface area contributed by atoms with Crippen molar-refractivity contribution in [3.8, 4) is 0 Å². The predicted molar refractivity (Wildman–Crippen MR) is 82.5 cm³/mol. The van der Waals surface area contributed by atoms with E-state index < -0.39 is 12.2 Å². The van der Waals surface area contributed by atoms with Crippen molar-refractivity contribution in [1.82, 2.24) is 9.97 Å². The molecule has 2 atom stereocenters. The average Bonchev–Trinajstić information content (AvgIpc) is 2.80. The van der Waals surface area contributed by atoms with Crippen LogP contribution in [0.5, 0.6) is 0 Å². The summed E-state index contributed by atoms with van der Waals surface area (Å²) in [6.07, 6.45) is 1.73. The van der Waals surface area contributed by atoms with Crippen LogP contribution in [0.2, 0.25) is 0 Å². The third-order valence-electron chi connectivity index (χ3n) is 2.93. The summed E-state index contributed by atoms with van der Waals surface area (Å²) < 4.78 is 0.805. The lowest BCUT2D eigenvalue weighted by molar-refractivity contribution is -0.109.